The molecule has 0 heterocycles. The van der Waals surface area contributed by atoms with E-state index in [0.717, 1.165) is 0 Å². The van der Waals surface area contributed by atoms with E-state index in [1.54, 1.807) is 0 Å². The molecule has 0 aliphatic heterocycles. The Morgan fingerprint density at radius 3 is 2.82 bits per heavy atom. The molecule has 4 heteroatoms. The van der Waals surface area contributed by atoms with E-state index >= 15 is 0 Å². The van der Waals surface area contributed by atoms with Crippen LogP contribution in [0.1, 0.15) is 0 Å². The number of rotatable bonds is 4. The van der Waals surface area contributed by atoms with Gasteiger partial charge in [-0.1, -0.05) is 13.2 Å². The summed E-state index contributed by atoms with van der Waals surface area (Å²) in [5.74, 6) is 0.576. The maximum Gasteiger partial charge on any atom is 0.412 e. The van der Waals surface area contributed by atoms with Gasteiger partial charge in [-0.25, -0.2) is 4.79 Å². The highest BCUT2D eigenvalue weighted by molar-refractivity contribution is 6.18. The minimum Gasteiger partial charge on any atom is -0.411 e. The molecule has 0 aromatic carbocycles. The summed E-state index contributed by atoms with van der Waals surface area (Å²) >= 11 is 5.30. The number of amides is 1. The van der Waals surface area contributed by atoms with E-state index in [1.165, 1.54) is 6.08 Å². The van der Waals surface area contributed by atoms with Gasteiger partial charge in [0.25, 0.3) is 0 Å². The molecule has 0 radical (unpaired) electrons. The summed E-state index contributed by atoms with van der Waals surface area (Å²) in [6.07, 6.45) is 0.788. The predicted molar refractivity (Wildman–Crippen MR) is 44.5 cm³/mol. The number of allylic oxidation sites excluding steroid dienone is 1. The third kappa shape index (κ3) is 5.48. The van der Waals surface area contributed by atoms with Crippen molar-refractivity contribution < 1.29 is 9.53 Å². The number of hydrogen-bond acceptors (Lipinski definition) is 2. The monoisotopic (exact) mass is 175 g/mol. The Hall–Kier alpha value is -0.960. The number of ether oxygens (including phenoxy) is 1. The molecule has 0 atom stereocenters. The lowest BCUT2D eigenvalue weighted by atomic mass is 10.5. The molecule has 3 nitrogen and oxygen atoms in total. The molecule has 0 aliphatic rings. The summed E-state index contributed by atoms with van der Waals surface area (Å²) in [4.78, 5) is 10.7. The van der Waals surface area contributed by atoms with E-state index in [1.807, 2.05) is 0 Å². The average Bonchev–Trinajstić information content (AvgIpc) is 2.00. The Morgan fingerprint density at radius 2 is 2.36 bits per heavy atom. The first-order valence-corrected chi connectivity index (χ1v) is 3.57. The number of halogens is 1. The largest absolute Gasteiger partial charge is 0.412 e. The molecule has 0 saturated carbocycles. The second-order valence-corrected chi connectivity index (χ2v) is 2.05. The molecule has 0 unspecified atom stereocenters. The Morgan fingerprint density at radius 1 is 1.73 bits per heavy atom. The van der Waals surface area contributed by atoms with E-state index in [-0.39, 0.29) is 5.76 Å². The maximum absolute atomic E-state index is 10.7. The Labute approximate surface area is 70.7 Å². The van der Waals surface area contributed by atoms with Crippen molar-refractivity contribution >= 4 is 17.7 Å². The van der Waals surface area contributed by atoms with Crippen LogP contribution in [0.4, 0.5) is 4.79 Å². The number of carbonyl (C=O) groups excluding carboxylic acids is 1. The third-order valence-corrected chi connectivity index (χ3v) is 1.00. The van der Waals surface area contributed by atoms with Crippen LogP contribution in [-0.2, 0) is 4.74 Å². The number of carbonyl (C=O) groups is 1. The van der Waals surface area contributed by atoms with E-state index in [2.05, 4.69) is 23.2 Å². The summed E-state index contributed by atoms with van der Waals surface area (Å²) in [5, 5.41) is 2.40. The van der Waals surface area contributed by atoms with Gasteiger partial charge in [0.2, 0.25) is 0 Å². The van der Waals surface area contributed by atoms with Crippen LogP contribution in [0.5, 0.6) is 0 Å². The molecule has 0 rings (SSSR count). The molecule has 0 aromatic rings. The van der Waals surface area contributed by atoms with Gasteiger partial charge in [0.15, 0.2) is 0 Å². The van der Waals surface area contributed by atoms with Gasteiger partial charge in [0.05, 0.1) is 0 Å². The minimum atomic E-state index is -0.560. The molecule has 0 bridgehead atoms. The normalized spacial score (nSPS) is 8.45. The first-order valence-electron chi connectivity index (χ1n) is 3.03. The molecular formula is C7H10ClNO2. The Balaban J connectivity index is 3.52. The summed E-state index contributed by atoms with van der Waals surface area (Å²) in [6.45, 7) is 7.13. The van der Waals surface area contributed by atoms with Crippen LogP contribution in [0.2, 0.25) is 0 Å². The van der Waals surface area contributed by atoms with Crippen molar-refractivity contribution in [2.75, 3.05) is 12.4 Å². The van der Waals surface area contributed by atoms with Gasteiger partial charge in [-0.3, -0.25) is 0 Å². The second kappa shape index (κ2) is 5.80. The van der Waals surface area contributed by atoms with Crippen LogP contribution >= 0.6 is 11.6 Å². The number of alkyl halides is 1. The zero-order chi connectivity index (χ0) is 8.69. The number of hydrogen-bond donors (Lipinski definition) is 1. The molecule has 0 spiro atoms. The molecule has 11 heavy (non-hydrogen) atoms. The second-order valence-electron chi connectivity index (χ2n) is 1.68. The van der Waals surface area contributed by atoms with Crippen LogP contribution in [0, 0.1) is 0 Å². The van der Waals surface area contributed by atoms with Gasteiger partial charge >= 0.3 is 6.09 Å². The number of alkyl carbamates (subject to hydrolysis) is 1. The average molecular weight is 176 g/mol. The fraction of sp³-hybridized carbons (Fsp3) is 0.286. The molecule has 1 amide bonds. The highest BCUT2D eigenvalue weighted by Gasteiger charge is 1.99. The lowest BCUT2D eigenvalue weighted by Gasteiger charge is -2.03. The van der Waals surface area contributed by atoms with Gasteiger partial charge in [0, 0.05) is 12.4 Å². The SMILES string of the molecule is C=CC(=C)OC(=O)NCCCl. The van der Waals surface area contributed by atoms with Crippen molar-refractivity contribution in [1.82, 2.24) is 5.32 Å². The Bertz CT molecular complexity index is 168. The predicted octanol–water partition coefficient (Wildman–Crippen LogP) is 1.65. The molecular weight excluding hydrogens is 166 g/mol. The van der Waals surface area contributed by atoms with Crippen molar-refractivity contribution in [2.45, 2.75) is 0 Å². The highest BCUT2D eigenvalue weighted by atomic mass is 35.5. The highest BCUT2D eigenvalue weighted by Crippen LogP contribution is 1.93. The van der Waals surface area contributed by atoms with E-state index < -0.39 is 6.09 Å². The standard InChI is InChI=1S/C7H10ClNO2/c1-3-6(2)11-7(10)9-5-4-8/h3H,1-2,4-5H2,(H,9,10). The van der Waals surface area contributed by atoms with E-state index in [9.17, 15) is 4.79 Å². The quantitative estimate of drug-likeness (QED) is 0.401. The fourth-order valence-electron chi connectivity index (χ4n) is 0.346. The first-order chi connectivity index (χ1) is 5.20. The van der Waals surface area contributed by atoms with Gasteiger partial charge in [-0.05, 0) is 6.08 Å². The van der Waals surface area contributed by atoms with E-state index in [4.69, 9.17) is 11.6 Å². The lowest BCUT2D eigenvalue weighted by Crippen LogP contribution is -2.25. The van der Waals surface area contributed by atoms with Crippen LogP contribution in [0.3, 0.4) is 0 Å². The molecule has 0 aliphatic carbocycles. The first kappa shape index (κ1) is 10.0. The van der Waals surface area contributed by atoms with Crippen molar-refractivity contribution in [3.63, 3.8) is 0 Å². The van der Waals surface area contributed by atoms with Crippen molar-refractivity contribution in [3.05, 3.63) is 25.0 Å². The van der Waals surface area contributed by atoms with Gasteiger partial charge in [-0.15, -0.1) is 11.6 Å². The van der Waals surface area contributed by atoms with Crippen LogP contribution in [0.25, 0.3) is 0 Å². The van der Waals surface area contributed by atoms with Crippen molar-refractivity contribution in [2.24, 2.45) is 0 Å². The van der Waals surface area contributed by atoms with Crippen molar-refractivity contribution in [1.29, 1.82) is 0 Å². The molecule has 0 fully saturated rings. The fourth-order valence-corrected chi connectivity index (χ4v) is 0.441. The van der Waals surface area contributed by atoms with Gasteiger partial charge in [0.1, 0.15) is 5.76 Å². The van der Waals surface area contributed by atoms with Crippen LogP contribution in [0.15, 0.2) is 25.0 Å². The maximum atomic E-state index is 10.7. The topological polar surface area (TPSA) is 38.3 Å². The number of nitrogens with one attached hydrogen (secondary N) is 1. The lowest BCUT2D eigenvalue weighted by molar-refractivity contribution is 0.180. The zero-order valence-corrected chi connectivity index (χ0v) is 6.86. The molecule has 0 saturated heterocycles. The van der Waals surface area contributed by atoms with Crippen LogP contribution < -0.4 is 5.32 Å². The van der Waals surface area contributed by atoms with Gasteiger partial charge in [-0.2, -0.15) is 0 Å². The summed E-state index contributed by atoms with van der Waals surface area (Å²) in [6, 6.07) is 0. The third-order valence-electron chi connectivity index (χ3n) is 0.815. The summed E-state index contributed by atoms with van der Waals surface area (Å²) in [5.41, 5.74) is 0. The smallest absolute Gasteiger partial charge is 0.411 e. The van der Waals surface area contributed by atoms with Crippen LogP contribution in [-0.4, -0.2) is 18.5 Å². The molecule has 62 valence electrons. The summed E-state index contributed by atoms with van der Waals surface area (Å²) in [7, 11) is 0. The molecule has 1 N–H and O–H groups in total. The molecule has 0 aromatic heterocycles. The van der Waals surface area contributed by atoms with E-state index in [0.29, 0.717) is 12.4 Å². The van der Waals surface area contributed by atoms with Gasteiger partial charge < -0.3 is 10.1 Å². The Kier molecular flexibility index (Phi) is 5.29. The minimum absolute atomic E-state index is 0.220. The summed E-state index contributed by atoms with van der Waals surface area (Å²) < 4.78 is 4.58. The zero-order valence-electron chi connectivity index (χ0n) is 6.10. The van der Waals surface area contributed by atoms with Crippen molar-refractivity contribution in [3.8, 4) is 0 Å².